The second kappa shape index (κ2) is 3.24. The molecule has 0 saturated carbocycles. The molecule has 0 aromatic carbocycles. The normalized spacial score (nSPS) is 16.5. The Kier molecular flexibility index (Phi) is 2.08. The Balaban J connectivity index is 2.32. The van der Waals surface area contributed by atoms with Crippen molar-refractivity contribution >= 4 is 5.69 Å². The van der Waals surface area contributed by atoms with Crippen LogP contribution in [0, 0.1) is 6.92 Å². The zero-order valence-electron chi connectivity index (χ0n) is 7.82. The van der Waals surface area contributed by atoms with Gasteiger partial charge in [0.2, 0.25) is 0 Å². The molecule has 1 aliphatic rings. The summed E-state index contributed by atoms with van der Waals surface area (Å²) in [5.74, 6) is 0.299. The van der Waals surface area contributed by atoms with Crippen molar-refractivity contribution in [2.24, 2.45) is 0 Å². The van der Waals surface area contributed by atoms with Gasteiger partial charge in [0.15, 0.2) is 5.75 Å². The van der Waals surface area contributed by atoms with Crippen molar-refractivity contribution in [2.45, 2.75) is 19.8 Å². The highest BCUT2D eigenvalue weighted by atomic mass is 16.3. The van der Waals surface area contributed by atoms with Gasteiger partial charge in [-0.15, -0.1) is 0 Å². The predicted octanol–water partition coefficient (Wildman–Crippen LogP) is 1.70. The molecule has 0 atom stereocenters. The van der Waals surface area contributed by atoms with E-state index in [1.165, 1.54) is 19.0 Å². The second-order valence-electron chi connectivity index (χ2n) is 3.51. The zero-order chi connectivity index (χ0) is 9.26. The maximum absolute atomic E-state index is 9.59. The van der Waals surface area contributed by atoms with E-state index in [9.17, 15) is 5.11 Å². The van der Waals surface area contributed by atoms with Crippen LogP contribution >= 0.6 is 0 Å². The first-order chi connectivity index (χ1) is 6.27. The van der Waals surface area contributed by atoms with Gasteiger partial charge < -0.3 is 10.0 Å². The van der Waals surface area contributed by atoms with Crippen LogP contribution in [-0.2, 0) is 0 Å². The zero-order valence-corrected chi connectivity index (χ0v) is 7.82. The largest absolute Gasteiger partial charge is 0.504 e. The van der Waals surface area contributed by atoms with E-state index in [0.29, 0.717) is 5.75 Å². The van der Waals surface area contributed by atoms with E-state index in [2.05, 4.69) is 9.88 Å². The van der Waals surface area contributed by atoms with E-state index >= 15 is 0 Å². The summed E-state index contributed by atoms with van der Waals surface area (Å²) in [7, 11) is 0. The van der Waals surface area contributed by atoms with Gasteiger partial charge in [-0.05, 0) is 25.8 Å². The van der Waals surface area contributed by atoms with Crippen molar-refractivity contribution in [2.75, 3.05) is 18.0 Å². The highest BCUT2D eigenvalue weighted by Gasteiger charge is 2.15. The minimum Gasteiger partial charge on any atom is -0.504 e. The van der Waals surface area contributed by atoms with E-state index in [1.807, 2.05) is 13.0 Å². The number of aromatic hydroxyl groups is 1. The number of hydrogen-bond donors (Lipinski definition) is 1. The summed E-state index contributed by atoms with van der Waals surface area (Å²) in [6, 6.07) is 1.95. The highest BCUT2D eigenvalue weighted by Crippen LogP contribution is 2.29. The van der Waals surface area contributed by atoms with Crippen molar-refractivity contribution in [1.82, 2.24) is 4.98 Å². The molecule has 1 aromatic rings. The summed E-state index contributed by atoms with van der Waals surface area (Å²) in [6.45, 7) is 4.05. The molecule has 1 aromatic heterocycles. The fourth-order valence-corrected chi connectivity index (χ4v) is 1.75. The number of aromatic nitrogens is 1. The molecule has 0 radical (unpaired) electrons. The average Bonchev–Trinajstić information content (AvgIpc) is 2.61. The summed E-state index contributed by atoms with van der Waals surface area (Å²) in [5.41, 5.74) is 1.89. The van der Waals surface area contributed by atoms with Crippen molar-refractivity contribution < 1.29 is 5.11 Å². The van der Waals surface area contributed by atoms with Gasteiger partial charge in [0, 0.05) is 18.8 Å². The lowest BCUT2D eigenvalue weighted by Crippen LogP contribution is -2.17. The van der Waals surface area contributed by atoms with Crippen LogP contribution in [0.2, 0.25) is 0 Å². The van der Waals surface area contributed by atoms with Crippen LogP contribution in [0.3, 0.4) is 0 Å². The third kappa shape index (κ3) is 1.59. The van der Waals surface area contributed by atoms with Gasteiger partial charge in [-0.3, -0.25) is 4.98 Å². The quantitative estimate of drug-likeness (QED) is 0.711. The van der Waals surface area contributed by atoms with Crippen LogP contribution in [0.4, 0.5) is 5.69 Å². The Morgan fingerprint density at radius 3 is 2.77 bits per heavy atom. The standard InChI is InChI=1S/C10H14N2O/c1-8-6-9(10(13)7-11-8)12-4-2-3-5-12/h6-7,13H,2-5H2,1H3. The molecule has 13 heavy (non-hydrogen) atoms. The Bertz CT molecular complexity index is 306. The lowest BCUT2D eigenvalue weighted by molar-refractivity contribution is 0.472. The third-order valence-corrected chi connectivity index (χ3v) is 2.45. The van der Waals surface area contributed by atoms with Gasteiger partial charge in [-0.1, -0.05) is 0 Å². The number of rotatable bonds is 1. The fourth-order valence-electron chi connectivity index (χ4n) is 1.75. The van der Waals surface area contributed by atoms with E-state index < -0.39 is 0 Å². The van der Waals surface area contributed by atoms with Gasteiger partial charge in [0.05, 0.1) is 11.9 Å². The second-order valence-corrected chi connectivity index (χ2v) is 3.51. The van der Waals surface area contributed by atoms with Crippen molar-refractivity contribution in [3.63, 3.8) is 0 Å². The molecule has 0 bridgehead atoms. The average molecular weight is 178 g/mol. The number of anilines is 1. The van der Waals surface area contributed by atoms with Gasteiger partial charge in [0.1, 0.15) is 0 Å². The van der Waals surface area contributed by atoms with E-state index in [1.54, 1.807) is 0 Å². The summed E-state index contributed by atoms with van der Waals surface area (Å²) in [5, 5.41) is 9.59. The van der Waals surface area contributed by atoms with E-state index in [0.717, 1.165) is 24.5 Å². The molecule has 1 fully saturated rings. The first-order valence-corrected chi connectivity index (χ1v) is 4.68. The lowest BCUT2D eigenvalue weighted by Gasteiger charge is -2.18. The molecule has 0 spiro atoms. The van der Waals surface area contributed by atoms with E-state index in [4.69, 9.17) is 0 Å². The topological polar surface area (TPSA) is 36.4 Å². The van der Waals surface area contributed by atoms with Gasteiger partial charge in [-0.25, -0.2) is 0 Å². The molecule has 1 N–H and O–H groups in total. The summed E-state index contributed by atoms with van der Waals surface area (Å²) < 4.78 is 0. The molecule has 1 saturated heterocycles. The third-order valence-electron chi connectivity index (χ3n) is 2.45. The highest BCUT2D eigenvalue weighted by molar-refractivity contribution is 5.57. The monoisotopic (exact) mass is 178 g/mol. The van der Waals surface area contributed by atoms with Crippen LogP contribution < -0.4 is 4.90 Å². The minimum absolute atomic E-state index is 0.299. The fraction of sp³-hybridized carbons (Fsp3) is 0.500. The first-order valence-electron chi connectivity index (χ1n) is 4.68. The van der Waals surface area contributed by atoms with Crippen LogP contribution in [-0.4, -0.2) is 23.2 Å². The van der Waals surface area contributed by atoms with Crippen LogP contribution in [0.25, 0.3) is 0 Å². The number of nitrogens with zero attached hydrogens (tertiary/aromatic N) is 2. The first kappa shape index (κ1) is 8.35. The van der Waals surface area contributed by atoms with Crippen molar-refractivity contribution in [3.05, 3.63) is 18.0 Å². The number of aryl methyl sites for hydroxylation is 1. The van der Waals surface area contributed by atoms with Crippen molar-refractivity contribution in [3.8, 4) is 5.75 Å². The Morgan fingerprint density at radius 2 is 2.08 bits per heavy atom. The predicted molar refractivity (Wildman–Crippen MR) is 52.1 cm³/mol. The smallest absolute Gasteiger partial charge is 0.157 e. The lowest BCUT2D eigenvalue weighted by atomic mass is 10.3. The summed E-state index contributed by atoms with van der Waals surface area (Å²) in [4.78, 5) is 6.25. The summed E-state index contributed by atoms with van der Waals surface area (Å²) in [6.07, 6.45) is 3.98. The number of hydrogen-bond acceptors (Lipinski definition) is 3. The number of pyridine rings is 1. The van der Waals surface area contributed by atoms with E-state index in [-0.39, 0.29) is 0 Å². The van der Waals surface area contributed by atoms with Crippen LogP contribution in [0.5, 0.6) is 5.75 Å². The summed E-state index contributed by atoms with van der Waals surface area (Å²) >= 11 is 0. The molecule has 3 nitrogen and oxygen atoms in total. The van der Waals surface area contributed by atoms with Gasteiger partial charge in [-0.2, -0.15) is 0 Å². The molecular formula is C10H14N2O. The van der Waals surface area contributed by atoms with Crippen molar-refractivity contribution in [1.29, 1.82) is 0 Å². The molecule has 0 unspecified atom stereocenters. The Morgan fingerprint density at radius 1 is 1.38 bits per heavy atom. The Hall–Kier alpha value is -1.25. The molecule has 2 heterocycles. The van der Waals surface area contributed by atoms with Gasteiger partial charge >= 0.3 is 0 Å². The van der Waals surface area contributed by atoms with Crippen LogP contribution in [0.1, 0.15) is 18.5 Å². The maximum Gasteiger partial charge on any atom is 0.157 e. The molecule has 0 amide bonds. The van der Waals surface area contributed by atoms with Gasteiger partial charge in [0.25, 0.3) is 0 Å². The Labute approximate surface area is 78.0 Å². The molecule has 1 aliphatic heterocycles. The molecule has 2 rings (SSSR count). The molecule has 70 valence electrons. The minimum atomic E-state index is 0.299. The molecule has 3 heteroatoms. The molecule has 0 aliphatic carbocycles. The SMILES string of the molecule is Cc1cc(N2CCCC2)c(O)cn1. The van der Waals surface area contributed by atoms with Crippen LogP contribution in [0.15, 0.2) is 12.3 Å². The maximum atomic E-state index is 9.59. The molecular weight excluding hydrogens is 164 g/mol.